The van der Waals surface area contributed by atoms with E-state index in [1.54, 1.807) is 0 Å². The Kier molecular flexibility index (Phi) is 3.72. The van der Waals surface area contributed by atoms with Crippen LogP contribution in [-0.4, -0.2) is 28.1 Å². The molecule has 1 aliphatic rings. The number of carbonyl (C=O) groups is 1. The molecule has 4 nitrogen and oxygen atoms in total. The number of aliphatic carboxylic acids is 1. The van der Waals surface area contributed by atoms with Gasteiger partial charge in [0.1, 0.15) is 17.1 Å². The van der Waals surface area contributed by atoms with Crippen LogP contribution in [0.4, 0.5) is 0 Å². The van der Waals surface area contributed by atoms with Crippen molar-refractivity contribution in [2.75, 3.05) is 6.54 Å². The summed E-state index contributed by atoms with van der Waals surface area (Å²) in [7, 11) is 0. The fourth-order valence-corrected chi connectivity index (χ4v) is 3.23. The van der Waals surface area contributed by atoms with Gasteiger partial charge in [0.2, 0.25) is 0 Å². The largest absolute Gasteiger partial charge is 0.480 e. The van der Waals surface area contributed by atoms with E-state index in [9.17, 15) is 9.90 Å². The number of hydrogen-bond donors (Lipinski definition) is 1. The van der Waals surface area contributed by atoms with Crippen LogP contribution >= 0.6 is 0 Å². The summed E-state index contributed by atoms with van der Waals surface area (Å²) < 4.78 is 5.58. The standard InChI is InChI=1S/C15H23NO3/c1-10-9-13(12(3)19-10)11(2)16-8-6-5-7-15(16,4)14(17)18/h9,11H,5-8H2,1-4H3,(H,17,18). The van der Waals surface area contributed by atoms with Gasteiger partial charge in [-0.05, 0) is 59.6 Å². The molecule has 106 valence electrons. The summed E-state index contributed by atoms with van der Waals surface area (Å²) in [6, 6.07) is 2.09. The Hall–Kier alpha value is -1.29. The van der Waals surface area contributed by atoms with E-state index in [1.807, 2.05) is 26.8 Å². The predicted octanol–water partition coefficient (Wildman–Crippen LogP) is 3.29. The van der Waals surface area contributed by atoms with Crippen molar-refractivity contribution >= 4 is 5.97 Å². The van der Waals surface area contributed by atoms with Crippen molar-refractivity contribution < 1.29 is 14.3 Å². The average Bonchev–Trinajstić information content (AvgIpc) is 2.68. The van der Waals surface area contributed by atoms with Crippen molar-refractivity contribution in [1.29, 1.82) is 0 Å². The van der Waals surface area contributed by atoms with E-state index in [-0.39, 0.29) is 6.04 Å². The van der Waals surface area contributed by atoms with Crippen LogP contribution in [0.1, 0.15) is 56.2 Å². The second-order valence-corrected chi connectivity index (χ2v) is 5.77. The van der Waals surface area contributed by atoms with Gasteiger partial charge in [-0.25, -0.2) is 0 Å². The van der Waals surface area contributed by atoms with Crippen LogP contribution in [0.25, 0.3) is 0 Å². The first kappa shape index (κ1) is 14.1. The topological polar surface area (TPSA) is 53.7 Å². The van der Waals surface area contributed by atoms with Crippen LogP contribution in [0.15, 0.2) is 10.5 Å². The molecule has 0 radical (unpaired) electrons. The normalized spacial score (nSPS) is 26.3. The smallest absolute Gasteiger partial charge is 0.323 e. The molecule has 0 amide bonds. The van der Waals surface area contributed by atoms with Crippen molar-refractivity contribution in [1.82, 2.24) is 4.90 Å². The highest BCUT2D eigenvalue weighted by Crippen LogP contribution is 2.37. The van der Waals surface area contributed by atoms with Gasteiger partial charge in [-0.15, -0.1) is 0 Å². The molecule has 0 aromatic carbocycles. The molecule has 2 atom stereocenters. The van der Waals surface area contributed by atoms with Crippen LogP contribution < -0.4 is 0 Å². The lowest BCUT2D eigenvalue weighted by Crippen LogP contribution is -2.55. The fraction of sp³-hybridized carbons (Fsp3) is 0.667. The van der Waals surface area contributed by atoms with Gasteiger partial charge in [-0.3, -0.25) is 9.69 Å². The van der Waals surface area contributed by atoms with Gasteiger partial charge in [0, 0.05) is 11.6 Å². The molecule has 2 heterocycles. The van der Waals surface area contributed by atoms with E-state index < -0.39 is 11.5 Å². The maximum Gasteiger partial charge on any atom is 0.323 e. The molecule has 2 rings (SSSR count). The molecule has 1 fully saturated rings. The van der Waals surface area contributed by atoms with Gasteiger partial charge >= 0.3 is 5.97 Å². The molecule has 19 heavy (non-hydrogen) atoms. The van der Waals surface area contributed by atoms with Gasteiger partial charge in [0.05, 0.1) is 0 Å². The molecule has 0 spiro atoms. The number of carboxylic acid groups (broad SMARTS) is 1. The summed E-state index contributed by atoms with van der Waals surface area (Å²) in [5.41, 5.74) is 0.335. The minimum atomic E-state index is -0.769. The van der Waals surface area contributed by atoms with Crippen LogP contribution in [0.5, 0.6) is 0 Å². The monoisotopic (exact) mass is 265 g/mol. The average molecular weight is 265 g/mol. The SMILES string of the molecule is Cc1cc(C(C)N2CCCCC2(C)C(=O)O)c(C)o1. The Labute approximate surface area is 114 Å². The Morgan fingerprint density at radius 1 is 1.47 bits per heavy atom. The van der Waals surface area contributed by atoms with E-state index in [0.717, 1.165) is 36.5 Å². The first-order valence-corrected chi connectivity index (χ1v) is 6.93. The Morgan fingerprint density at radius 2 is 2.16 bits per heavy atom. The number of nitrogens with zero attached hydrogens (tertiary/aromatic N) is 1. The second kappa shape index (κ2) is 5.00. The van der Waals surface area contributed by atoms with Crippen molar-refractivity contribution in [3.05, 3.63) is 23.2 Å². The molecule has 4 heteroatoms. The van der Waals surface area contributed by atoms with Crippen LogP contribution in [0.2, 0.25) is 0 Å². The highest BCUT2D eigenvalue weighted by molar-refractivity contribution is 5.78. The lowest BCUT2D eigenvalue weighted by molar-refractivity contribution is -0.155. The van der Waals surface area contributed by atoms with Crippen LogP contribution in [-0.2, 0) is 4.79 Å². The van der Waals surface area contributed by atoms with Gasteiger partial charge in [-0.2, -0.15) is 0 Å². The highest BCUT2D eigenvalue weighted by atomic mass is 16.4. The van der Waals surface area contributed by atoms with Gasteiger partial charge in [0.25, 0.3) is 0 Å². The lowest BCUT2D eigenvalue weighted by Gasteiger charge is -2.45. The van der Waals surface area contributed by atoms with Crippen molar-refractivity contribution in [2.24, 2.45) is 0 Å². The lowest BCUT2D eigenvalue weighted by atomic mass is 9.86. The molecular formula is C15H23NO3. The van der Waals surface area contributed by atoms with Crippen molar-refractivity contribution in [3.8, 4) is 0 Å². The molecule has 1 saturated heterocycles. The summed E-state index contributed by atoms with van der Waals surface area (Å²) >= 11 is 0. The number of carboxylic acids is 1. The van der Waals surface area contributed by atoms with Crippen LogP contribution in [0.3, 0.4) is 0 Å². The third-order valence-corrected chi connectivity index (χ3v) is 4.40. The molecule has 0 bridgehead atoms. The zero-order chi connectivity index (χ0) is 14.2. The minimum absolute atomic E-state index is 0.0684. The molecule has 1 N–H and O–H groups in total. The van der Waals surface area contributed by atoms with Crippen molar-refractivity contribution in [2.45, 2.75) is 58.5 Å². The predicted molar refractivity (Wildman–Crippen MR) is 73.2 cm³/mol. The summed E-state index contributed by atoms with van der Waals surface area (Å²) in [6.45, 7) is 8.61. The van der Waals surface area contributed by atoms with Gasteiger partial charge in [-0.1, -0.05) is 0 Å². The number of rotatable bonds is 3. The molecule has 1 aromatic rings. The minimum Gasteiger partial charge on any atom is -0.480 e. The van der Waals surface area contributed by atoms with Crippen molar-refractivity contribution in [3.63, 3.8) is 0 Å². The van der Waals surface area contributed by atoms with E-state index in [2.05, 4.69) is 11.8 Å². The van der Waals surface area contributed by atoms with E-state index in [4.69, 9.17) is 4.42 Å². The number of likely N-dealkylation sites (tertiary alicyclic amines) is 1. The summed E-state index contributed by atoms with van der Waals surface area (Å²) in [5, 5.41) is 9.57. The second-order valence-electron chi connectivity index (χ2n) is 5.77. The third-order valence-electron chi connectivity index (χ3n) is 4.40. The Morgan fingerprint density at radius 3 is 2.68 bits per heavy atom. The zero-order valence-corrected chi connectivity index (χ0v) is 12.2. The molecule has 0 saturated carbocycles. The maximum atomic E-state index is 11.6. The van der Waals surface area contributed by atoms with Gasteiger partial charge in [0.15, 0.2) is 0 Å². The maximum absolute atomic E-state index is 11.6. The summed E-state index contributed by atoms with van der Waals surface area (Å²) in [6.07, 6.45) is 2.75. The number of furan rings is 1. The molecule has 1 aliphatic heterocycles. The number of aryl methyl sites for hydroxylation is 2. The van der Waals surface area contributed by atoms with E-state index >= 15 is 0 Å². The molecular weight excluding hydrogens is 242 g/mol. The Balaban J connectivity index is 2.33. The van der Waals surface area contributed by atoms with Gasteiger partial charge < -0.3 is 9.52 Å². The molecule has 2 unspecified atom stereocenters. The van der Waals surface area contributed by atoms with E-state index in [0.29, 0.717) is 6.42 Å². The Bertz CT molecular complexity index is 480. The molecule has 1 aromatic heterocycles. The number of hydrogen-bond acceptors (Lipinski definition) is 3. The summed E-state index contributed by atoms with van der Waals surface area (Å²) in [5.74, 6) is 1.05. The third kappa shape index (κ3) is 2.41. The molecule has 0 aliphatic carbocycles. The van der Waals surface area contributed by atoms with Crippen LogP contribution in [0, 0.1) is 13.8 Å². The summed E-state index contributed by atoms with van der Waals surface area (Å²) in [4.78, 5) is 13.8. The quantitative estimate of drug-likeness (QED) is 0.911. The fourth-order valence-electron chi connectivity index (χ4n) is 3.23. The highest BCUT2D eigenvalue weighted by Gasteiger charge is 2.44. The van der Waals surface area contributed by atoms with E-state index in [1.165, 1.54) is 0 Å². The zero-order valence-electron chi connectivity index (χ0n) is 12.2. The first-order valence-electron chi connectivity index (χ1n) is 6.93. The number of piperidine rings is 1. The first-order chi connectivity index (χ1) is 8.86.